The molecule has 0 aliphatic carbocycles. The van der Waals surface area contributed by atoms with Crippen molar-refractivity contribution in [2.75, 3.05) is 13.1 Å². The van der Waals surface area contributed by atoms with Crippen LogP contribution in [0.15, 0.2) is 0 Å². The zero-order valence-corrected chi connectivity index (χ0v) is 8.98. The fraction of sp³-hybridized carbons (Fsp3) is 1.00. The number of nitrogens with two attached hydrogens (primary N) is 2. The van der Waals surface area contributed by atoms with Crippen LogP contribution in [0.3, 0.4) is 0 Å². The Kier molecular flexibility index (Phi) is 82.3. The molecule has 0 unspecified atom stereocenters. The third kappa shape index (κ3) is 33.1. The Morgan fingerprint density at radius 2 is 1.14 bits per heavy atom. The maximum atomic E-state index is 4.90. The summed E-state index contributed by atoms with van der Waals surface area (Å²) in [6.07, 6.45) is 0. The Bertz CT molecular complexity index is 22.5. The van der Waals surface area contributed by atoms with Gasteiger partial charge in [0.05, 0.1) is 0 Å². The van der Waals surface area contributed by atoms with Gasteiger partial charge in [-0.3, -0.25) is 4.70 Å². The van der Waals surface area contributed by atoms with Gasteiger partial charge in [-0.1, -0.05) is 0 Å². The van der Waals surface area contributed by atoms with Crippen LogP contribution in [0.4, 0.5) is 4.70 Å². The first-order chi connectivity index (χ1) is 1.91. The average Bonchev–Trinajstić information content (AvgIpc) is 1.37. The second-order valence-electron chi connectivity index (χ2n) is 0.577. The summed E-state index contributed by atoms with van der Waals surface area (Å²) in [6.45, 7) is 1.19. The van der Waals surface area contributed by atoms with Gasteiger partial charge in [-0.15, -0.1) is 0 Å². The molecule has 0 bridgehead atoms. The third-order valence-electron chi connectivity index (χ3n) is 0.167. The molecule has 0 radical (unpaired) electrons. The van der Waals surface area contributed by atoms with Crippen LogP contribution < -0.4 is 70.6 Å². The summed E-state index contributed by atoms with van der Waals surface area (Å²) in [5.74, 6) is 0. The molecule has 0 aliphatic heterocycles. The second-order valence-corrected chi connectivity index (χ2v) is 0.577. The van der Waals surface area contributed by atoms with Crippen molar-refractivity contribution in [2.45, 2.75) is 0 Å². The van der Waals surface area contributed by atoms with Crippen LogP contribution in [0.1, 0.15) is 2.85 Å². The quantitative estimate of drug-likeness (QED) is 0.345. The fourth-order valence-corrected chi connectivity index (χ4v) is 0. The molecule has 38 valence electrons. The van der Waals surface area contributed by atoms with Crippen molar-refractivity contribution in [1.29, 1.82) is 0 Å². The summed E-state index contributed by atoms with van der Waals surface area (Å²) < 4.78 is 0. The van der Waals surface area contributed by atoms with E-state index in [1.54, 1.807) is 0 Å². The molecule has 0 amide bonds. The molecule has 4 N–H and O–H groups in total. The molecular weight excluding hydrogens is 117 g/mol. The molecule has 0 aliphatic rings. The van der Waals surface area contributed by atoms with E-state index in [2.05, 4.69) is 0 Å². The van der Waals surface area contributed by atoms with Gasteiger partial charge in [0, 0.05) is 13.1 Å². The minimum absolute atomic E-state index is 0. The Morgan fingerprint density at radius 3 is 1.14 bits per heavy atom. The van der Waals surface area contributed by atoms with Crippen LogP contribution >= 0.6 is 0 Å². The molecule has 0 saturated carbocycles. The number of hydrogen-bond donors (Lipinski definition) is 2. The molecule has 0 aromatic rings. The molecule has 0 aromatic heterocycles. The normalized spacial score (nSPS) is 4.29. The van der Waals surface area contributed by atoms with E-state index in [-0.39, 0.29) is 66.7 Å². The van der Waals surface area contributed by atoms with E-state index in [9.17, 15) is 0 Å². The topological polar surface area (TPSA) is 52.0 Å². The van der Waals surface area contributed by atoms with Crippen LogP contribution in [0, 0.1) is 0 Å². The van der Waals surface area contributed by atoms with Crippen molar-refractivity contribution in [3.05, 3.63) is 0 Å². The molecule has 0 atom stereocenters. The molecule has 2 nitrogen and oxygen atoms in total. The Balaban J connectivity index is -0.00000000450. The molecule has 0 heterocycles. The molecule has 0 spiro atoms. The zero-order valence-electron chi connectivity index (χ0n) is 6.98. The van der Waals surface area contributed by atoms with Crippen molar-refractivity contribution in [3.8, 4) is 0 Å². The summed E-state index contributed by atoms with van der Waals surface area (Å²) in [4.78, 5) is 0. The van der Waals surface area contributed by atoms with Crippen LogP contribution in [0.5, 0.6) is 0 Å². The maximum absolute atomic E-state index is 4.90. The van der Waals surface area contributed by atoms with E-state index in [4.69, 9.17) is 11.5 Å². The molecule has 5 heteroatoms. The Hall–Kier alpha value is 1.85. The van der Waals surface area contributed by atoms with Crippen molar-refractivity contribution in [3.63, 3.8) is 0 Å². The molecule has 0 rings (SSSR count). The molecular formula is C2H11FN2Na2. The van der Waals surface area contributed by atoms with Gasteiger partial charge in [-0.05, 0) is 0 Å². The van der Waals surface area contributed by atoms with Crippen molar-refractivity contribution in [2.24, 2.45) is 11.5 Å². The van der Waals surface area contributed by atoms with Crippen molar-refractivity contribution < 1.29 is 66.7 Å². The number of rotatable bonds is 1. The van der Waals surface area contributed by atoms with E-state index < -0.39 is 0 Å². The third-order valence-corrected chi connectivity index (χ3v) is 0.167. The molecule has 0 aromatic carbocycles. The minimum atomic E-state index is 0. The van der Waals surface area contributed by atoms with E-state index in [1.165, 1.54) is 0 Å². The Labute approximate surface area is 90.3 Å². The average molecular weight is 128 g/mol. The van der Waals surface area contributed by atoms with Gasteiger partial charge in [0.2, 0.25) is 0 Å². The fourth-order valence-electron chi connectivity index (χ4n) is 0. The SMILES string of the molecule is F.NCCN.[H-].[H-].[Na+].[Na+]. The van der Waals surface area contributed by atoms with E-state index in [0.29, 0.717) is 13.1 Å². The van der Waals surface area contributed by atoms with Crippen LogP contribution in [0.25, 0.3) is 0 Å². The summed E-state index contributed by atoms with van der Waals surface area (Å²) >= 11 is 0. The van der Waals surface area contributed by atoms with Gasteiger partial charge in [0.1, 0.15) is 0 Å². The summed E-state index contributed by atoms with van der Waals surface area (Å²) in [5, 5.41) is 0. The standard InChI is InChI=1S/C2H8N2.FH.2Na.2H/c3-1-2-4;;;;;/h1-4H2;1H;;;;/q;;2*+1;2*-1. The van der Waals surface area contributed by atoms with Crippen LogP contribution in [-0.2, 0) is 0 Å². The maximum Gasteiger partial charge on any atom is 1.00 e. The first-order valence-electron chi connectivity index (χ1n) is 1.32. The smallest absolute Gasteiger partial charge is 1.00 e. The van der Waals surface area contributed by atoms with E-state index in [1.807, 2.05) is 0 Å². The zero-order chi connectivity index (χ0) is 3.41. The number of hydrogen-bond acceptors (Lipinski definition) is 2. The summed E-state index contributed by atoms with van der Waals surface area (Å²) in [7, 11) is 0. The largest absolute Gasteiger partial charge is 1.00 e. The van der Waals surface area contributed by atoms with Gasteiger partial charge in [0.25, 0.3) is 0 Å². The van der Waals surface area contributed by atoms with E-state index >= 15 is 0 Å². The van der Waals surface area contributed by atoms with Crippen LogP contribution in [-0.4, -0.2) is 13.1 Å². The first-order valence-corrected chi connectivity index (χ1v) is 1.32. The first kappa shape index (κ1) is 23.2. The van der Waals surface area contributed by atoms with Gasteiger partial charge in [-0.2, -0.15) is 0 Å². The van der Waals surface area contributed by atoms with E-state index in [0.717, 1.165) is 0 Å². The predicted octanol–water partition coefficient (Wildman–Crippen LogP) is -6.71. The van der Waals surface area contributed by atoms with Gasteiger partial charge in [-0.25, -0.2) is 0 Å². The molecule has 0 saturated heterocycles. The predicted molar refractivity (Wildman–Crippen MR) is 22.8 cm³/mol. The molecule has 0 fully saturated rings. The second kappa shape index (κ2) is 24.9. The van der Waals surface area contributed by atoms with Crippen LogP contribution in [0.2, 0.25) is 0 Å². The van der Waals surface area contributed by atoms with Gasteiger partial charge >= 0.3 is 59.1 Å². The monoisotopic (exact) mass is 128 g/mol. The van der Waals surface area contributed by atoms with Crippen molar-refractivity contribution in [1.82, 2.24) is 0 Å². The summed E-state index contributed by atoms with van der Waals surface area (Å²) in [5.41, 5.74) is 9.81. The van der Waals surface area contributed by atoms with Gasteiger partial charge in [0.15, 0.2) is 0 Å². The molecule has 7 heavy (non-hydrogen) atoms. The minimum Gasteiger partial charge on any atom is -1.00 e. The van der Waals surface area contributed by atoms with Crippen molar-refractivity contribution >= 4 is 0 Å². The van der Waals surface area contributed by atoms with Gasteiger partial charge < -0.3 is 14.3 Å². The number of halogens is 1. The Morgan fingerprint density at radius 1 is 1.00 bits per heavy atom. The summed E-state index contributed by atoms with van der Waals surface area (Å²) in [6, 6.07) is 0.